The molecule has 19 heavy (non-hydrogen) atoms. The van der Waals surface area contributed by atoms with Gasteiger partial charge in [-0.05, 0) is 24.1 Å². The summed E-state index contributed by atoms with van der Waals surface area (Å²) >= 11 is 0. The van der Waals surface area contributed by atoms with Crippen LogP contribution >= 0.6 is 18.5 Å². The molecule has 3 unspecified atom stereocenters. The van der Waals surface area contributed by atoms with E-state index in [9.17, 15) is 9.18 Å². The van der Waals surface area contributed by atoms with Crippen molar-refractivity contribution in [2.24, 2.45) is 5.73 Å². The zero-order chi connectivity index (χ0) is 14.5. The lowest BCUT2D eigenvalue weighted by Crippen LogP contribution is -2.27. The summed E-state index contributed by atoms with van der Waals surface area (Å²) < 4.78 is 24.1. The Hall–Kier alpha value is -0.920. The van der Waals surface area contributed by atoms with Crippen molar-refractivity contribution in [3.63, 3.8) is 0 Å². The summed E-state index contributed by atoms with van der Waals surface area (Å²) in [5, 5.41) is -1.59. The summed E-state index contributed by atoms with van der Waals surface area (Å²) in [4.78, 5) is 10.7. The molecule has 1 rings (SSSR count). The highest BCUT2D eigenvalue weighted by Gasteiger charge is 2.19. The van der Waals surface area contributed by atoms with Gasteiger partial charge in [0.15, 0.2) is 5.15 Å². The molecule has 0 saturated carbocycles. The minimum atomic E-state index is -1.59. The first kappa shape index (κ1) is 16.1. The Balaban J connectivity index is 2.65. The predicted molar refractivity (Wildman–Crippen MR) is 78.9 cm³/mol. The first-order valence-electron chi connectivity index (χ1n) is 5.79. The molecule has 0 aromatic heterocycles. The summed E-state index contributed by atoms with van der Waals surface area (Å²) in [6.45, 7) is 2.03. The Morgan fingerprint density at radius 3 is 2.74 bits per heavy atom. The summed E-state index contributed by atoms with van der Waals surface area (Å²) in [6.07, 6.45) is -0.659. The largest absolute Gasteiger partial charge is 0.490 e. The third-order valence-electron chi connectivity index (χ3n) is 2.45. The average Bonchev–Trinajstić information content (AvgIpc) is 2.33. The van der Waals surface area contributed by atoms with E-state index in [0.717, 1.165) is 0 Å². The lowest BCUT2D eigenvalue weighted by Gasteiger charge is -2.18. The van der Waals surface area contributed by atoms with Gasteiger partial charge in [0.25, 0.3) is 0 Å². The number of alkyl halides is 1. The number of carbonyl (C=O) groups excluding carboxylic acids is 1. The van der Waals surface area contributed by atoms with Crippen LogP contribution in [0.2, 0.25) is 0 Å². The van der Waals surface area contributed by atoms with Gasteiger partial charge >= 0.3 is 6.09 Å². The molecule has 0 aliphatic heterocycles. The number of hydrogen-bond acceptors (Lipinski definition) is 3. The highest BCUT2D eigenvalue weighted by Crippen LogP contribution is 2.40. The molecule has 3 atom stereocenters. The summed E-state index contributed by atoms with van der Waals surface area (Å²) in [6, 6.07) is 6.66. The van der Waals surface area contributed by atoms with Gasteiger partial charge in [0, 0.05) is 0 Å². The molecule has 0 radical (unpaired) electrons. The van der Waals surface area contributed by atoms with E-state index in [1.807, 2.05) is 6.92 Å². The quantitative estimate of drug-likeness (QED) is 0.822. The van der Waals surface area contributed by atoms with Gasteiger partial charge in [-0.15, -0.1) is 0 Å². The van der Waals surface area contributed by atoms with Gasteiger partial charge in [-0.25, -0.2) is 9.18 Å². The van der Waals surface area contributed by atoms with Crippen LogP contribution in [0.15, 0.2) is 24.3 Å². The predicted octanol–water partition coefficient (Wildman–Crippen LogP) is 2.77. The lowest BCUT2D eigenvalue weighted by atomic mass is 10.2. The molecule has 0 heterocycles. The van der Waals surface area contributed by atoms with E-state index >= 15 is 0 Å². The lowest BCUT2D eigenvalue weighted by molar-refractivity contribution is 0.0693. The summed E-state index contributed by atoms with van der Waals surface area (Å²) in [5.74, 6) is 0.510. The van der Waals surface area contributed by atoms with Crippen LogP contribution in [0.5, 0.6) is 5.75 Å². The Kier molecular flexibility index (Phi) is 5.96. The maximum atomic E-state index is 13.7. The molecular weight excluding hydrogens is 287 g/mol. The minimum absolute atomic E-state index is 0.176. The van der Waals surface area contributed by atoms with E-state index in [0.29, 0.717) is 17.7 Å². The molecule has 1 aromatic rings. The van der Waals surface area contributed by atoms with Crippen LogP contribution in [0.1, 0.15) is 18.9 Å². The molecule has 0 saturated heterocycles. The van der Waals surface area contributed by atoms with Crippen LogP contribution in [0.4, 0.5) is 9.18 Å². The second-order valence-electron chi connectivity index (χ2n) is 4.07. The van der Waals surface area contributed by atoms with Gasteiger partial charge in [-0.3, -0.25) is 0 Å². The minimum Gasteiger partial charge on any atom is -0.490 e. The van der Waals surface area contributed by atoms with Gasteiger partial charge in [0.1, 0.15) is 18.5 Å². The van der Waals surface area contributed by atoms with Crippen molar-refractivity contribution in [1.29, 1.82) is 0 Å². The Morgan fingerprint density at radius 2 is 2.21 bits per heavy atom. The molecule has 0 aliphatic rings. The van der Waals surface area contributed by atoms with E-state index in [4.69, 9.17) is 15.2 Å². The maximum Gasteiger partial charge on any atom is 0.404 e. The third-order valence-corrected chi connectivity index (χ3v) is 3.12. The molecule has 0 fully saturated rings. The number of ether oxygens (including phenoxy) is 2. The van der Waals surface area contributed by atoms with Crippen LogP contribution in [0, 0.1) is 0 Å². The normalized spacial score (nSPS) is 12.8. The average molecular weight is 305 g/mol. The number of primary amides is 1. The highest BCUT2D eigenvalue weighted by atomic mass is 31.1. The van der Waals surface area contributed by atoms with E-state index in [1.165, 1.54) is 0 Å². The number of carbonyl (C=O) groups is 1. The molecule has 0 aliphatic carbocycles. The standard InChI is InChI=1S/C12H18FNO3P2/c1-2-9(17-11(14)15)7-16-10-5-3-4-8(6-10)12(13,18)19/h3-6,9H,2,7,18-19H2,1H3,(H2,14,15). The molecule has 7 heteroatoms. The number of nitrogens with two attached hydrogens (primary N) is 1. The molecule has 106 valence electrons. The van der Waals surface area contributed by atoms with Crippen LogP contribution < -0.4 is 10.5 Å². The fourth-order valence-corrected chi connectivity index (χ4v) is 1.77. The van der Waals surface area contributed by atoms with Crippen molar-refractivity contribution >= 4 is 24.6 Å². The zero-order valence-electron chi connectivity index (χ0n) is 10.6. The molecule has 0 bridgehead atoms. The van der Waals surface area contributed by atoms with E-state index < -0.39 is 17.3 Å². The van der Waals surface area contributed by atoms with Crippen LogP contribution in [-0.2, 0) is 9.89 Å². The number of amides is 1. The molecule has 0 spiro atoms. The van der Waals surface area contributed by atoms with Crippen molar-refractivity contribution in [3.8, 4) is 5.75 Å². The van der Waals surface area contributed by atoms with Gasteiger partial charge in [0.2, 0.25) is 0 Å². The topological polar surface area (TPSA) is 61.6 Å². The fourth-order valence-electron chi connectivity index (χ4n) is 1.41. The van der Waals surface area contributed by atoms with Crippen molar-refractivity contribution in [1.82, 2.24) is 0 Å². The van der Waals surface area contributed by atoms with Crippen molar-refractivity contribution in [2.45, 2.75) is 24.6 Å². The monoisotopic (exact) mass is 305 g/mol. The van der Waals surface area contributed by atoms with Crippen LogP contribution in [-0.4, -0.2) is 18.8 Å². The van der Waals surface area contributed by atoms with E-state index in [1.54, 1.807) is 24.3 Å². The summed E-state index contributed by atoms with van der Waals surface area (Å²) in [5.41, 5.74) is 5.41. The van der Waals surface area contributed by atoms with Gasteiger partial charge in [0.05, 0.1) is 0 Å². The molecule has 1 aromatic carbocycles. The first-order valence-corrected chi connectivity index (χ1v) is 6.94. The summed E-state index contributed by atoms with van der Waals surface area (Å²) in [7, 11) is 4.19. The Bertz CT molecular complexity index is 437. The highest BCUT2D eigenvalue weighted by molar-refractivity contribution is 7.38. The van der Waals surface area contributed by atoms with Crippen molar-refractivity contribution in [3.05, 3.63) is 29.8 Å². The fraction of sp³-hybridized carbons (Fsp3) is 0.417. The second-order valence-corrected chi connectivity index (χ2v) is 6.42. The SMILES string of the molecule is CCC(COc1cccc(C(F)(P)P)c1)OC(N)=O. The molecular formula is C12H18FNO3P2. The van der Waals surface area contributed by atoms with Crippen molar-refractivity contribution < 1.29 is 18.7 Å². The zero-order valence-corrected chi connectivity index (χ0v) is 12.9. The van der Waals surface area contributed by atoms with Crippen LogP contribution in [0.3, 0.4) is 0 Å². The van der Waals surface area contributed by atoms with Gasteiger partial charge < -0.3 is 15.2 Å². The molecule has 1 amide bonds. The third kappa shape index (κ3) is 5.71. The number of halogens is 1. The number of rotatable bonds is 6. The second kappa shape index (κ2) is 7.02. The van der Waals surface area contributed by atoms with Crippen molar-refractivity contribution in [2.75, 3.05) is 6.61 Å². The molecule has 4 nitrogen and oxygen atoms in total. The van der Waals surface area contributed by atoms with E-state index in [-0.39, 0.29) is 6.61 Å². The smallest absolute Gasteiger partial charge is 0.404 e. The maximum absolute atomic E-state index is 13.7. The Labute approximate surface area is 116 Å². The Morgan fingerprint density at radius 1 is 1.53 bits per heavy atom. The van der Waals surface area contributed by atoms with Crippen LogP contribution in [0.25, 0.3) is 0 Å². The van der Waals surface area contributed by atoms with Gasteiger partial charge in [-0.1, -0.05) is 37.5 Å². The molecule has 2 N–H and O–H groups in total. The number of benzene rings is 1. The number of hydrogen-bond donors (Lipinski definition) is 1. The first-order chi connectivity index (χ1) is 8.82. The van der Waals surface area contributed by atoms with E-state index in [2.05, 4.69) is 18.5 Å². The van der Waals surface area contributed by atoms with Gasteiger partial charge in [-0.2, -0.15) is 0 Å².